The van der Waals surface area contributed by atoms with Crippen molar-refractivity contribution in [3.05, 3.63) is 57.4 Å². The van der Waals surface area contributed by atoms with Crippen molar-refractivity contribution >= 4 is 22.5 Å². The van der Waals surface area contributed by atoms with Crippen molar-refractivity contribution in [3.63, 3.8) is 0 Å². The minimum Gasteiger partial charge on any atom is -0.363 e. The smallest absolute Gasteiger partial charge is 0.282 e. The normalized spacial score (nSPS) is 16.3. The zero-order chi connectivity index (χ0) is 23.4. The van der Waals surface area contributed by atoms with E-state index >= 15 is 0 Å². The largest absolute Gasteiger partial charge is 0.363 e. The molecule has 1 aliphatic heterocycles. The van der Waals surface area contributed by atoms with Gasteiger partial charge in [-0.05, 0) is 19.9 Å². The van der Waals surface area contributed by atoms with E-state index in [0.717, 1.165) is 6.07 Å². The minimum absolute atomic E-state index is 0.0136. The van der Waals surface area contributed by atoms with Gasteiger partial charge < -0.3 is 10.2 Å². The third-order valence-electron chi connectivity index (χ3n) is 5.46. The van der Waals surface area contributed by atoms with E-state index in [4.69, 9.17) is 0 Å². The van der Waals surface area contributed by atoms with E-state index in [1.54, 1.807) is 13.8 Å². The molecule has 1 N–H and O–H groups in total. The van der Waals surface area contributed by atoms with E-state index in [0.29, 0.717) is 11.2 Å². The summed E-state index contributed by atoms with van der Waals surface area (Å²) in [4.78, 5) is 22.6. The Balaban J connectivity index is 1.78. The summed E-state index contributed by atoms with van der Waals surface area (Å²) in [6, 6.07) is 4.41. The van der Waals surface area contributed by atoms with Crippen LogP contribution >= 0.6 is 0 Å². The van der Waals surface area contributed by atoms with Gasteiger partial charge in [0.15, 0.2) is 0 Å². The summed E-state index contributed by atoms with van der Waals surface area (Å²) in [5.41, 5.74) is -0.848. The SMILES string of the molecule is Cc1nc(N[C@H](C)c2cccc(C(F)F)c2F)c2cc(N3CC(F)(F)C3)c(=O)n(C)c2n1. The van der Waals surface area contributed by atoms with Crippen LogP contribution < -0.4 is 15.8 Å². The summed E-state index contributed by atoms with van der Waals surface area (Å²) in [5, 5.41) is 3.36. The number of aryl methyl sites for hydroxylation is 2. The van der Waals surface area contributed by atoms with Crippen LogP contribution in [0.15, 0.2) is 29.1 Å². The zero-order valence-corrected chi connectivity index (χ0v) is 17.5. The maximum absolute atomic E-state index is 14.6. The van der Waals surface area contributed by atoms with Gasteiger partial charge in [0.25, 0.3) is 17.9 Å². The van der Waals surface area contributed by atoms with Gasteiger partial charge in [-0.2, -0.15) is 0 Å². The number of anilines is 2. The van der Waals surface area contributed by atoms with Gasteiger partial charge in [0.2, 0.25) is 0 Å². The summed E-state index contributed by atoms with van der Waals surface area (Å²) < 4.78 is 68.7. The number of hydrogen-bond acceptors (Lipinski definition) is 5. The van der Waals surface area contributed by atoms with Crippen LogP contribution in [-0.2, 0) is 7.05 Å². The summed E-state index contributed by atoms with van der Waals surface area (Å²) in [6.45, 7) is 2.02. The number of fused-ring (bicyclic) bond motifs is 1. The highest BCUT2D eigenvalue weighted by Gasteiger charge is 2.45. The Morgan fingerprint density at radius 2 is 1.81 bits per heavy atom. The molecule has 3 heterocycles. The van der Waals surface area contributed by atoms with Crippen LogP contribution in [0.3, 0.4) is 0 Å². The second-order valence-corrected chi connectivity index (χ2v) is 7.88. The van der Waals surface area contributed by atoms with Crippen LogP contribution in [0, 0.1) is 12.7 Å². The molecule has 0 unspecified atom stereocenters. The average Bonchev–Trinajstić information content (AvgIpc) is 2.69. The maximum atomic E-state index is 14.6. The number of aromatic nitrogens is 3. The predicted octanol–water partition coefficient (Wildman–Crippen LogP) is 4.34. The number of nitrogens with zero attached hydrogens (tertiary/aromatic N) is 4. The first-order chi connectivity index (χ1) is 15.0. The second-order valence-electron chi connectivity index (χ2n) is 7.88. The number of nitrogens with one attached hydrogen (secondary N) is 1. The van der Waals surface area contributed by atoms with Crippen LogP contribution in [0.1, 0.15) is 36.3 Å². The first-order valence-electron chi connectivity index (χ1n) is 9.82. The highest BCUT2D eigenvalue weighted by atomic mass is 19.3. The molecule has 2 aromatic heterocycles. The van der Waals surface area contributed by atoms with Crippen molar-refractivity contribution in [1.29, 1.82) is 0 Å². The number of pyridine rings is 1. The molecule has 3 aromatic rings. The lowest BCUT2D eigenvalue weighted by molar-refractivity contribution is -0.0264. The van der Waals surface area contributed by atoms with E-state index in [9.17, 15) is 26.7 Å². The average molecular weight is 453 g/mol. The third kappa shape index (κ3) is 3.76. The maximum Gasteiger partial charge on any atom is 0.282 e. The predicted molar refractivity (Wildman–Crippen MR) is 110 cm³/mol. The molecular weight excluding hydrogens is 433 g/mol. The van der Waals surface area contributed by atoms with Crippen molar-refractivity contribution in [2.45, 2.75) is 32.2 Å². The number of hydrogen-bond donors (Lipinski definition) is 1. The monoisotopic (exact) mass is 453 g/mol. The molecule has 170 valence electrons. The van der Waals surface area contributed by atoms with Crippen molar-refractivity contribution in [2.24, 2.45) is 7.05 Å². The van der Waals surface area contributed by atoms with Crippen LogP contribution in [0.2, 0.25) is 0 Å². The molecule has 1 saturated heterocycles. The Morgan fingerprint density at radius 1 is 1.16 bits per heavy atom. The summed E-state index contributed by atoms with van der Waals surface area (Å²) in [6.07, 6.45) is -2.96. The minimum atomic E-state index is -2.96. The Hall–Kier alpha value is -3.24. The topological polar surface area (TPSA) is 63.1 Å². The van der Waals surface area contributed by atoms with Crippen molar-refractivity contribution in [1.82, 2.24) is 14.5 Å². The summed E-state index contributed by atoms with van der Waals surface area (Å²) >= 11 is 0. The van der Waals surface area contributed by atoms with Crippen molar-refractivity contribution < 1.29 is 22.0 Å². The molecule has 1 aliphatic rings. The van der Waals surface area contributed by atoms with E-state index in [2.05, 4.69) is 15.3 Å². The van der Waals surface area contributed by atoms with Gasteiger partial charge in [-0.1, -0.05) is 18.2 Å². The van der Waals surface area contributed by atoms with Gasteiger partial charge in [-0.15, -0.1) is 0 Å². The second kappa shape index (κ2) is 7.72. The van der Waals surface area contributed by atoms with E-state index in [1.165, 1.54) is 34.7 Å². The number of rotatable bonds is 5. The quantitative estimate of drug-likeness (QED) is 0.583. The first-order valence-corrected chi connectivity index (χ1v) is 9.82. The van der Waals surface area contributed by atoms with Gasteiger partial charge in [-0.25, -0.2) is 31.9 Å². The first kappa shape index (κ1) is 22.0. The van der Waals surface area contributed by atoms with Gasteiger partial charge in [0.1, 0.15) is 28.8 Å². The van der Waals surface area contributed by atoms with Crippen LogP contribution in [-0.4, -0.2) is 33.5 Å². The Labute approximate surface area is 179 Å². The molecule has 0 saturated carbocycles. The molecule has 4 rings (SSSR count). The van der Waals surface area contributed by atoms with Crippen LogP contribution in [0.4, 0.5) is 33.5 Å². The fraction of sp³-hybridized carbons (Fsp3) is 0.381. The standard InChI is InChI=1S/C21H20F5N5O/c1-10(12-5-4-6-13(16(12)22)17(23)24)27-18-14-7-15(31-8-21(25,26)9-31)20(32)30(3)19(14)29-11(2)28-18/h4-7,10,17H,8-9H2,1-3H3,(H,27,28,29)/t10-/m1/s1. The highest BCUT2D eigenvalue weighted by molar-refractivity contribution is 5.89. The highest BCUT2D eigenvalue weighted by Crippen LogP contribution is 2.34. The lowest BCUT2D eigenvalue weighted by Gasteiger charge is -2.40. The van der Waals surface area contributed by atoms with Gasteiger partial charge in [0, 0.05) is 12.6 Å². The Morgan fingerprint density at radius 3 is 2.44 bits per heavy atom. The van der Waals surface area contributed by atoms with Gasteiger partial charge >= 0.3 is 0 Å². The van der Waals surface area contributed by atoms with E-state index in [1.807, 2.05) is 0 Å². The molecule has 0 spiro atoms. The summed E-state index contributed by atoms with van der Waals surface area (Å²) in [5.74, 6) is -3.35. The molecule has 32 heavy (non-hydrogen) atoms. The molecule has 6 nitrogen and oxygen atoms in total. The van der Waals surface area contributed by atoms with Crippen LogP contribution in [0.25, 0.3) is 11.0 Å². The molecule has 11 heteroatoms. The van der Waals surface area contributed by atoms with Crippen molar-refractivity contribution in [2.75, 3.05) is 23.3 Å². The van der Waals surface area contributed by atoms with Crippen molar-refractivity contribution in [3.8, 4) is 0 Å². The molecule has 1 aromatic carbocycles. The molecule has 0 bridgehead atoms. The van der Waals surface area contributed by atoms with Gasteiger partial charge in [-0.3, -0.25) is 9.36 Å². The Kier molecular flexibility index (Phi) is 5.30. The molecule has 1 atom stereocenters. The number of benzene rings is 1. The fourth-order valence-electron chi connectivity index (χ4n) is 3.79. The van der Waals surface area contributed by atoms with Crippen LogP contribution in [0.5, 0.6) is 0 Å². The summed E-state index contributed by atoms with van der Waals surface area (Å²) in [7, 11) is 1.47. The molecule has 0 radical (unpaired) electrons. The molecule has 0 amide bonds. The molecule has 1 fully saturated rings. The third-order valence-corrected chi connectivity index (χ3v) is 5.46. The fourth-order valence-corrected chi connectivity index (χ4v) is 3.79. The molecule has 0 aliphatic carbocycles. The number of halogens is 5. The zero-order valence-electron chi connectivity index (χ0n) is 17.5. The van der Waals surface area contributed by atoms with E-state index in [-0.39, 0.29) is 22.7 Å². The molecular formula is C21H20F5N5O. The number of alkyl halides is 4. The lowest BCUT2D eigenvalue weighted by Crippen LogP contribution is -2.58. The van der Waals surface area contributed by atoms with Gasteiger partial charge in [0.05, 0.1) is 30.1 Å². The lowest BCUT2D eigenvalue weighted by atomic mass is 10.0. The van der Waals surface area contributed by atoms with E-state index < -0.39 is 48.4 Å². The Bertz CT molecular complexity index is 1250.